The van der Waals surface area contributed by atoms with Gasteiger partial charge in [-0.1, -0.05) is 23.7 Å². The first-order valence-electron chi connectivity index (χ1n) is 6.67. The van der Waals surface area contributed by atoms with E-state index in [1.54, 1.807) is 12.1 Å². The number of anilines is 1. The van der Waals surface area contributed by atoms with Crippen LogP contribution in [-0.2, 0) is 6.61 Å². The van der Waals surface area contributed by atoms with E-state index >= 15 is 0 Å². The molecule has 112 valence electrons. The molecule has 21 heavy (non-hydrogen) atoms. The molecule has 1 atom stereocenters. The average Bonchev–Trinajstić information content (AvgIpc) is 2.52. The van der Waals surface area contributed by atoms with Crippen molar-refractivity contribution in [3.8, 4) is 5.75 Å². The number of ether oxygens (including phenoxy) is 1. The molecule has 0 aliphatic heterocycles. The zero-order valence-corrected chi connectivity index (χ0v) is 12.3. The van der Waals surface area contributed by atoms with Crippen molar-refractivity contribution >= 4 is 17.3 Å². The number of aliphatic hydroxyl groups is 2. The number of rotatable bonds is 7. The van der Waals surface area contributed by atoms with E-state index in [2.05, 4.69) is 5.32 Å². The third kappa shape index (κ3) is 5.27. The Bertz CT molecular complexity index is 560. The van der Waals surface area contributed by atoms with Gasteiger partial charge in [0.25, 0.3) is 0 Å². The highest BCUT2D eigenvalue weighted by Gasteiger charge is 2.02. The van der Waals surface area contributed by atoms with Crippen molar-refractivity contribution in [1.82, 2.24) is 0 Å². The zero-order chi connectivity index (χ0) is 15.1. The summed E-state index contributed by atoms with van der Waals surface area (Å²) in [6.45, 7) is 0.490. The second kappa shape index (κ2) is 7.88. The van der Waals surface area contributed by atoms with Gasteiger partial charge in [0.05, 0.1) is 12.7 Å². The van der Waals surface area contributed by atoms with Crippen LogP contribution >= 0.6 is 11.6 Å². The minimum absolute atomic E-state index is 0.258. The first-order chi connectivity index (χ1) is 10.2. The summed E-state index contributed by atoms with van der Waals surface area (Å²) in [7, 11) is 0. The third-order valence-corrected chi connectivity index (χ3v) is 3.15. The molecule has 1 unspecified atom stereocenters. The lowest BCUT2D eigenvalue weighted by Crippen LogP contribution is -2.22. The highest BCUT2D eigenvalue weighted by molar-refractivity contribution is 6.30. The van der Waals surface area contributed by atoms with E-state index < -0.39 is 6.10 Å². The van der Waals surface area contributed by atoms with Crippen LogP contribution in [0.2, 0.25) is 5.02 Å². The van der Waals surface area contributed by atoms with E-state index in [-0.39, 0.29) is 6.61 Å². The molecule has 2 aromatic rings. The van der Waals surface area contributed by atoms with Gasteiger partial charge in [0, 0.05) is 17.3 Å². The molecule has 0 amide bonds. The standard InChI is InChI=1S/C16H18ClNO3/c17-13-4-6-16(7-5-13)21-11-12-2-1-3-14(8-12)18-9-15(20)10-19/h1-8,15,18-20H,9-11H2. The maximum atomic E-state index is 9.31. The lowest BCUT2D eigenvalue weighted by molar-refractivity contribution is 0.105. The van der Waals surface area contributed by atoms with Gasteiger partial charge in [0.2, 0.25) is 0 Å². The fourth-order valence-corrected chi connectivity index (χ4v) is 1.89. The average molecular weight is 308 g/mol. The van der Waals surface area contributed by atoms with Crippen LogP contribution in [0.5, 0.6) is 5.75 Å². The molecule has 2 rings (SSSR count). The summed E-state index contributed by atoms with van der Waals surface area (Å²) in [5.74, 6) is 0.758. The van der Waals surface area contributed by atoms with Crippen LogP contribution < -0.4 is 10.1 Å². The Labute approximate surface area is 129 Å². The molecule has 0 aromatic heterocycles. The third-order valence-electron chi connectivity index (χ3n) is 2.90. The molecular weight excluding hydrogens is 290 g/mol. The smallest absolute Gasteiger partial charge is 0.119 e. The fraction of sp³-hybridized carbons (Fsp3) is 0.250. The van der Waals surface area contributed by atoms with Crippen LogP contribution in [0.4, 0.5) is 5.69 Å². The van der Waals surface area contributed by atoms with Crippen LogP contribution in [0.1, 0.15) is 5.56 Å². The number of hydrogen-bond acceptors (Lipinski definition) is 4. The normalized spacial score (nSPS) is 12.0. The minimum atomic E-state index is -0.765. The lowest BCUT2D eigenvalue weighted by Gasteiger charge is -2.12. The molecule has 4 nitrogen and oxygen atoms in total. The van der Waals surface area contributed by atoms with Crippen molar-refractivity contribution in [1.29, 1.82) is 0 Å². The summed E-state index contributed by atoms with van der Waals surface area (Å²) < 4.78 is 5.67. The van der Waals surface area contributed by atoms with E-state index in [0.29, 0.717) is 18.2 Å². The van der Waals surface area contributed by atoms with Crippen molar-refractivity contribution in [3.63, 3.8) is 0 Å². The van der Waals surface area contributed by atoms with Gasteiger partial charge in [0.15, 0.2) is 0 Å². The monoisotopic (exact) mass is 307 g/mol. The fourth-order valence-electron chi connectivity index (χ4n) is 1.77. The first-order valence-corrected chi connectivity index (χ1v) is 7.05. The predicted molar refractivity (Wildman–Crippen MR) is 83.8 cm³/mol. The maximum Gasteiger partial charge on any atom is 0.119 e. The highest BCUT2D eigenvalue weighted by Crippen LogP contribution is 2.18. The number of hydrogen-bond donors (Lipinski definition) is 3. The molecule has 0 saturated heterocycles. The van der Waals surface area contributed by atoms with Crippen LogP contribution in [0, 0.1) is 0 Å². The molecule has 5 heteroatoms. The van der Waals surface area contributed by atoms with E-state index in [1.807, 2.05) is 36.4 Å². The second-order valence-corrected chi connectivity index (χ2v) is 5.10. The van der Waals surface area contributed by atoms with Crippen molar-refractivity contribution in [2.75, 3.05) is 18.5 Å². The van der Waals surface area contributed by atoms with Gasteiger partial charge < -0.3 is 20.3 Å². The van der Waals surface area contributed by atoms with Crippen molar-refractivity contribution < 1.29 is 14.9 Å². The summed E-state index contributed by atoms with van der Waals surface area (Å²) in [6.07, 6.45) is -0.765. The summed E-state index contributed by atoms with van der Waals surface area (Å²) in [4.78, 5) is 0. The van der Waals surface area contributed by atoms with Gasteiger partial charge in [-0.25, -0.2) is 0 Å². The molecular formula is C16H18ClNO3. The summed E-state index contributed by atoms with van der Waals surface area (Å²) in [5, 5.41) is 21.8. The largest absolute Gasteiger partial charge is 0.489 e. The van der Waals surface area contributed by atoms with E-state index in [1.165, 1.54) is 0 Å². The summed E-state index contributed by atoms with van der Waals surface area (Å²) in [6, 6.07) is 14.9. The minimum Gasteiger partial charge on any atom is -0.489 e. The molecule has 0 heterocycles. The molecule has 0 saturated carbocycles. The highest BCUT2D eigenvalue weighted by atomic mass is 35.5. The van der Waals surface area contributed by atoms with E-state index in [4.69, 9.17) is 21.4 Å². The van der Waals surface area contributed by atoms with Crippen molar-refractivity contribution in [3.05, 3.63) is 59.1 Å². The Balaban J connectivity index is 1.90. The lowest BCUT2D eigenvalue weighted by atomic mass is 10.2. The Kier molecular flexibility index (Phi) is 5.87. The summed E-state index contributed by atoms with van der Waals surface area (Å²) in [5.41, 5.74) is 1.88. The summed E-state index contributed by atoms with van der Waals surface area (Å²) >= 11 is 5.82. The SMILES string of the molecule is OCC(O)CNc1cccc(COc2ccc(Cl)cc2)c1. The second-order valence-electron chi connectivity index (χ2n) is 4.66. The molecule has 0 radical (unpaired) electrons. The van der Waals surface area contributed by atoms with E-state index in [9.17, 15) is 5.11 Å². The van der Waals surface area contributed by atoms with Crippen LogP contribution in [0.3, 0.4) is 0 Å². The Morgan fingerprint density at radius 3 is 2.62 bits per heavy atom. The van der Waals surface area contributed by atoms with Crippen molar-refractivity contribution in [2.24, 2.45) is 0 Å². The Morgan fingerprint density at radius 2 is 1.90 bits per heavy atom. The van der Waals surface area contributed by atoms with Gasteiger partial charge in [-0.3, -0.25) is 0 Å². The number of nitrogens with one attached hydrogen (secondary N) is 1. The van der Waals surface area contributed by atoms with Gasteiger partial charge in [0.1, 0.15) is 12.4 Å². The van der Waals surface area contributed by atoms with Crippen LogP contribution in [0.15, 0.2) is 48.5 Å². The predicted octanol–water partition coefficient (Wildman–Crippen LogP) is 2.68. The molecule has 0 aliphatic rings. The number of benzene rings is 2. The molecule has 3 N–H and O–H groups in total. The molecule has 0 fully saturated rings. The van der Waals surface area contributed by atoms with E-state index in [0.717, 1.165) is 17.0 Å². The maximum absolute atomic E-state index is 9.31. The topological polar surface area (TPSA) is 61.7 Å². The molecule has 2 aromatic carbocycles. The Hall–Kier alpha value is -1.75. The van der Waals surface area contributed by atoms with Crippen LogP contribution in [0.25, 0.3) is 0 Å². The van der Waals surface area contributed by atoms with Gasteiger partial charge in [-0.15, -0.1) is 0 Å². The quantitative estimate of drug-likeness (QED) is 0.736. The zero-order valence-electron chi connectivity index (χ0n) is 11.5. The molecule has 0 aliphatic carbocycles. The number of aliphatic hydroxyl groups excluding tert-OH is 2. The first kappa shape index (κ1) is 15.6. The van der Waals surface area contributed by atoms with Gasteiger partial charge in [-0.05, 0) is 42.0 Å². The molecule has 0 bridgehead atoms. The van der Waals surface area contributed by atoms with Gasteiger partial charge >= 0.3 is 0 Å². The Morgan fingerprint density at radius 1 is 1.14 bits per heavy atom. The van der Waals surface area contributed by atoms with Gasteiger partial charge in [-0.2, -0.15) is 0 Å². The number of halogens is 1. The van der Waals surface area contributed by atoms with Crippen molar-refractivity contribution in [2.45, 2.75) is 12.7 Å². The van der Waals surface area contributed by atoms with Crippen LogP contribution in [-0.4, -0.2) is 29.5 Å². The molecule has 0 spiro atoms.